The summed E-state index contributed by atoms with van der Waals surface area (Å²) in [7, 11) is 1.83. The Labute approximate surface area is 288 Å². The van der Waals surface area contributed by atoms with Crippen molar-refractivity contribution in [1.29, 1.82) is 0 Å². The molecule has 0 bridgehead atoms. The smallest absolute Gasteiger partial charge is 0.253 e. The summed E-state index contributed by atoms with van der Waals surface area (Å²) in [5.41, 5.74) is 5.35. The monoisotopic (exact) mass is 660 g/mol. The molecule has 0 unspecified atom stereocenters. The van der Waals surface area contributed by atoms with E-state index in [1.165, 1.54) is 11.3 Å². The van der Waals surface area contributed by atoms with Crippen LogP contribution in [0, 0.1) is 12.8 Å². The van der Waals surface area contributed by atoms with Crippen LogP contribution in [0.2, 0.25) is 6.82 Å². The van der Waals surface area contributed by atoms with E-state index >= 15 is 0 Å². The molecule has 0 fully saturated rings. The summed E-state index contributed by atoms with van der Waals surface area (Å²) < 4.78 is 1.77. The minimum atomic E-state index is -0.332. The van der Waals surface area contributed by atoms with E-state index in [-0.39, 0.29) is 18.4 Å². The molecule has 0 spiro atoms. The molecular formula is C37H55BN5O3S. The highest BCUT2D eigenvalue weighted by atomic mass is 32.1. The predicted octanol–water partition coefficient (Wildman–Crippen LogP) is 9.35. The summed E-state index contributed by atoms with van der Waals surface area (Å²) in [6.07, 6.45) is 8.20. The topological polar surface area (TPSA) is 106 Å². The number of pyridine rings is 1. The number of aryl methyl sites for hydroxylation is 1. The molecule has 3 heterocycles. The molecule has 0 aliphatic heterocycles. The van der Waals surface area contributed by atoms with Gasteiger partial charge in [-0.1, -0.05) is 86.8 Å². The zero-order valence-electron chi connectivity index (χ0n) is 30.3. The van der Waals surface area contributed by atoms with Gasteiger partial charge in [0, 0.05) is 35.5 Å². The summed E-state index contributed by atoms with van der Waals surface area (Å²) in [5.74, 6) is 0.507. The summed E-state index contributed by atoms with van der Waals surface area (Å²) in [4.78, 5) is 43.4. The number of amides is 2. The zero-order chi connectivity index (χ0) is 35.8. The third-order valence-corrected chi connectivity index (χ3v) is 6.46. The van der Waals surface area contributed by atoms with Crippen LogP contribution in [-0.2, 0) is 9.59 Å². The SMILES string of the molecule is CC.CC.CC(C)C.CCCCC(C)=O.C[B]n1ccc(C(=O)NCC(=O)Nc2nc(-c3cccc(-c4ccnc(C)c4)c3)cs2)c1. The standard InChI is InChI=1S/C23H21BN5O2S.C6H12O.C4H10.2C2H6/c1-15-10-17(6-8-25-15)16-4-3-5-18(11-16)20-14-32-23(27-20)28-21(30)12-26-22(31)19-7-9-29(13-19)24-2;1-3-4-5-6(2)7;1-4(2)3;2*1-2/h3-11,13-14H,12H2,1-2H3,(H,26,31)(H,27,28,30);3-5H2,1-2H3;4H,1-3H3;2*1-2H3. The zero-order valence-corrected chi connectivity index (χ0v) is 31.1. The van der Waals surface area contributed by atoms with Crippen LogP contribution >= 0.6 is 11.3 Å². The van der Waals surface area contributed by atoms with Crippen molar-refractivity contribution in [3.8, 4) is 22.4 Å². The number of rotatable bonds is 10. The second kappa shape index (κ2) is 25.1. The van der Waals surface area contributed by atoms with Crippen molar-refractivity contribution < 1.29 is 14.4 Å². The molecule has 47 heavy (non-hydrogen) atoms. The van der Waals surface area contributed by atoms with E-state index < -0.39 is 0 Å². The Bertz CT molecular complexity index is 1460. The molecule has 4 aromatic rings. The first-order chi connectivity index (χ1) is 22.5. The Morgan fingerprint density at radius 2 is 1.62 bits per heavy atom. The van der Waals surface area contributed by atoms with Gasteiger partial charge in [-0.05, 0) is 67.8 Å². The number of carbonyl (C=O) groups excluding carboxylic acids is 3. The molecule has 0 aliphatic rings. The Hall–Kier alpha value is -4.05. The van der Waals surface area contributed by atoms with Crippen LogP contribution in [0.15, 0.2) is 66.4 Å². The molecule has 1 aromatic carbocycles. The molecule has 4 rings (SSSR count). The van der Waals surface area contributed by atoms with Crippen molar-refractivity contribution in [1.82, 2.24) is 19.8 Å². The number of aromatic nitrogens is 3. The van der Waals surface area contributed by atoms with E-state index in [2.05, 4.69) is 54.4 Å². The van der Waals surface area contributed by atoms with E-state index in [0.29, 0.717) is 16.5 Å². The van der Waals surface area contributed by atoms with Gasteiger partial charge in [-0.15, -0.1) is 11.3 Å². The maximum atomic E-state index is 12.2. The van der Waals surface area contributed by atoms with Crippen LogP contribution in [0.3, 0.4) is 0 Å². The van der Waals surface area contributed by atoms with Crippen LogP contribution in [-0.4, -0.2) is 46.0 Å². The fourth-order valence-corrected chi connectivity index (χ4v) is 4.34. The molecule has 2 N–H and O–H groups in total. The van der Waals surface area contributed by atoms with Crippen LogP contribution in [0.5, 0.6) is 0 Å². The van der Waals surface area contributed by atoms with Crippen molar-refractivity contribution in [2.75, 3.05) is 11.9 Å². The van der Waals surface area contributed by atoms with Gasteiger partial charge >= 0.3 is 0 Å². The van der Waals surface area contributed by atoms with Crippen LogP contribution < -0.4 is 10.6 Å². The van der Waals surface area contributed by atoms with Crippen molar-refractivity contribution in [2.45, 2.75) is 95.3 Å². The first-order valence-corrected chi connectivity index (χ1v) is 17.4. The van der Waals surface area contributed by atoms with Gasteiger partial charge < -0.3 is 19.9 Å². The van der Waals surface area contributed by atoms with Crippen molar-refractivity contribution >= 4 is 41.5 Å². The molecule has 0 atom stereocenters. The van der Waals surface area contributed by atoms with E-state index in [0.717, 1.165) is 53.3 Å². The van der Waals surface area contributed by atoms with E-state index in [9.17, 15) is 14.4 Å². The molecule has 8 nitrogen and oxygen atoms in total. The maximum Gasteiger partial charge on any atom is 0.253 e. The number of benzene rings is 1. The third kappa shape index (κ3) is 18.0. The van der Waals surface area contributed by atoms with Gasteiger partial charge in [0.15, 0.2) is 5.13 Å². The minimum absolute atomic E-state index is 0.133. The lowest BCUT2D eigenvalue weighted by Gasteiger charge is -2.05. The number of carbonyl (C=O) groups is 3. The van der Waals surface area contributed by atoms with Gasteiger partial charge in [0.05, 0.1) is 17.8 Å². The quantitative estimate of drug-likeness (QED) is 0.165. The van der Waals surface area contributed by atoms with Crippen molar-refractivity contribution in [3.05, 3.63) is 77.7 Å². The number of nitrogens with zero attached hydrogens (tertiary/aromatic N) is 3. The minimum Gasteiger partial charge on any atom is -0.402 e. The molecule has 10 heteroatoms. The number of ketones is 1. The fraction of sp³-hybridized carbons (Fsp3) is 0.432. The fourth-order valence-electron chi connectivity index (χ4n) is 3.61. The normalized spacial score (nSPS) is 9.53. The Morgan fingerprint density at radius 1 is 0.979 bits per heavy atom. The number of anilines is 1. The largest absolute Gasteiger partial charge is 0.402 e. The van der Waals surface area contributed by atoms with Gasteiger partial charge in [0.1, 0.15) is 5.78 Å². The van der Waals surface area contributed by atoms with Crippen molar-refractivity contribution in [3.63, 3.8) is 0 Å². The van der Waals surface area contributed by atoms with E-state index in [4.69, 9.17) is 0 Å². The highest BCUT2D eigenvalue weighted by Gasteiger charge is 2.12. The number of Topliss-reactive ketones (excluding diaryl/α,β-unsaturated/α-hetero) is 1. The van der Waals surface area contributed by atoms with Crippen LogP contribution in [0.25, 0.3) is 22.4 Å². The predicted molar refractivity (Wildman–Crippen MR) is 201 cm³/mol. The van der Waals surface area contributed by atoms with Crippen LogP contribution in [0.1, 0.15) is 97.6 Å². The lowest BCUT2D eigenvalue weighted by Crippen LogP contribution is -2.32. The highest BCUT2D eigenvalue weighted by molar-refractivity contribution is 7.14. The molecule has 1 radical (unpaired) electrons. The molecule has 3 aromatic heterocycles. The Balaban J connectivity index is 0.00000119. The van der Waals surface area contributed by atoms with Gasteiger partial charge in [-0.3, -0.25) is 14.6 Å². The number of nitrogens with one attached hydrogen (secondary N) is 2. The summed E-state index contributed by atoms with van der Waals surface area (Å²) in [5, 5.41) is 7.74. The molecule has 0 saturated carbocycles. The van der Waals surface area contributed by atoms with E-state index in [1.54, 1.807) is 36.1 Å². The molecule has 0 aliphatic carbocycles. The number of thiazole rings is 1. The maximum absolute atomic E-state index is 12.2. The van der Waals surface area contributed by atoms with Gasteiger partial charge in [0.2, 0.25) is 13.3 Å². The Kier molecular flexibility index (Phi) is 22.9. The first-order valence-electron chi connectivity index (χ1n) is 16.6. The summed E-state index contributed by atoms with van der Waals surface area (Å²) >= 11 is 1.34. The number of hydrogen-bond acceptors (Lipinski definition) is 6. The second-order valence-corrected chi connectivity index (χ2v) is 11.5. The average Bonchev–Trinajstić information content (AvgIpc) is 3.75. The molecular weight excluding hydrogens is 605 g/mol. The third-order valence-electron chi connectivity index (χ3n) is 5.71. The second-order valence-electron chi connectivity index (χ2n) is 10.7. The summed E-state index contributed by atoms with van der Waals surface area (Å²) in [6, 6.07) is 13.8. The lowest BCUT2D eigenvalue weighted by atomic mass is 10.0. The van der Waals surface area contributed by atoms with Gasteiger partial charge in [-0.25, -0.2) is 4.98 Å². The molecule has 255 valence electrons. The molecule has 2 amide bonds. The van der Waals surface area contributed by atoms with Crippen molar-refractivity contribution in [2.24, 2.45) is 5.92 Å². The lowest BCUT2D eigenvalue weighted by molar-refractivity contribution is -0.117. The number of unbranched alkanes of at least 4 members (excludes halogenated alkanes) is 1. The number of hydrogen-bond donors (Lipinski definition) is 2. The van der Waals surface area contributed by atoms with Gasteiger partial charge in [0.25, 0.3) is 5.91 Å². The van der Waals surface area contributed by atoms with Gasteiger partial charge in [-0.2, -0.15) is 0 Å². The average molecular weight is 661 g/mol. The first kappa shape index (κ1) is 43.0. The highest BCUT2D eigenvalue weighted by Crippen LogP contribution is 2.29. The van der Waals surface area contributed by atoms with E-state index in [1.807, 2.05) is 84.6 Å². The van der Waals surface area contributed by atoms with Crippen LogP contribution in [0.4, 0.5) is 5.13 Å². The molecule has 0 saturated heterocycles. The Morgan fingerprint density at radius 3 is 2.17 bits per heavy atom. The summed E-state index contributed by atoms with van der Waals surface area (Å²) in [6.45, 7) is 21.9.